The van der Waals surface area contributed by atoms with Gasteiger partial charge in [0.05, 0.1) is 15.8 Å². The third kappa shape index (κ3) is 5.51. The quantitative estimate of drug-likeness (QED) is 0.694. The number of nitrogens with zero attached hydrogens (tertiary/aromatic N) is 2. The molecule has 0 aliphatic carbocycles. The molecule has 1 aliphatic rings. The zero-order valence-corrected chi connectivity index (χ0v) is 19.4. The fourth-order valence-electron chi connectivity index (χ4n) is 3.34. The average molecular weight is 466 g/mol. The first-order chi connectivity index (χ1) is 14.5. The normalized spacial score (nSPS) is 17.3. The lowest BCUT2D eigenvalue weighted by Gasteiger charge is -2.31. The van der Waals surface area contributed by atoms with Gasteiger partial charge >= 0.3 is 0 Å². The molecule has 0 bridgehead atoms. The zero-order valence-electron chi connectivity index (χ0n) is 17.8. The fraction of sp³-hybridized carbons (Fsp3) is 0.381. The van der Waals surface area contributed by atoms with Crippen LogP contribution in [-0.2, 0) is 19.9 Å². The predicted octanol–water partition coefficient (Wildman–Crippen LogP) is 1.52. The molecule has 2 aromatic rings. The Morgan fingerprint density at radius 3 is 2.13 bits per heavy atom. The molecule has 3 rings (SSSR count). The van der Waals surface area contributed by atoms with Crippen LogP contribution in [0.4, 0.5) is 0 Å². The Labute approximate surface area is 183 Å². The topological polar surface area (TPSA) is 104 Å². The van der Waals surface area contributed by atoms with Gasteiger partial charge in [-0.15, -0.1) is 0 Å². The van der Waals surface area contributed by atoms with Crippen molar-refractivity contribution < 1.29 is 21.6 Å². The number of carbonyl (C=O) groups excluding carboxylic acids is 1. The summed E-state index contributed by atoms with van der Waals surface area (Å²) in [6.07, 6.45) is 1.14. The Morgan fingerprint density at radius 1 is 0.935 bits per heavy atom. The van der Waals surface area contributed by atoms with E-state index >= 15 is 0 Å². The highest BCUT2D eigenvalue weighted by atomic mass is 32.2. The van der Waals surface area contributed by atoms with Gasteiger partial charge in [0, 0.05) is 38.0 Å². The molecule has 31 heavy (non-hydrogen) atoms. The molecule has 0 radical (unpaired) electrons. The Balaban J connectivity index is 1.74. The molecular formula is C21H27N3O5S2. The van der Waals surface area contributed by atoms with Crippen molar-refractivity contribution in [3.05, 3.63) is 59.7 Å². The summed E-state index contributed by atoms with van der Waals surface area (Å²) in [5.74, 6) is -0.407. The van der Waals surface area contributed by atoms with Crippen LogP contribution in [0.15, 0.2) is 58.3 Å². The van der Waals surface area contributed by atoms with Gasteiger partial charge in [-0.3, -0.25) is 4.79 Å². The lowest BCUT2D eigenvalue weighted by atomic mass is 10.1. The van der Waals surface area contributed by atoms with Crippen molar-refractivity contribution >= 4 is 25.8 Å². The maximum Gasteiger partial charge on any atom is 0.251 e. The number of rotatable bonds is 6. The van der Waals surface area contributed by atoms with Gasteiger partial charge in [-0.1, -0.05) is 18.2 Å². The molecule has 1 unspecified atom stereocenters. The molecule has 0 aromatic heterocycles. The second-order valence-electron chi connectivity index (χ2n) is 7.77. The summed E-state index contributed by atoms with van der Waals surface area (Å²) in [5.41, 5.74) is 0.983. The van der Waals surface area contributed by atoms with Crippen LogP contribution in [0, 0.1) is 0 Å². The Hall–Kier alpha value is -2.27. The van der Waals surface area contributed by atoms with E-state index in [1.165, 1.54) is 28.6 Å². The largest absolute Gasteiger partial charge is 0.346 e. The highest BCUT2D eigenvalue weighted by Crippen LogP contribution is 2.20. The van der Waals surface area contributed by atoms with E-state index in [1.54, 1.807) is 31.2 Å². The van der Waals surface area contributed by atoms with E-state index in [9.17, 15) is 21.6 Å². The van der Waals surface area contributed by atoms with E-state index < -0.39 is 25.8 Å². The van der Waals surface area contributed by atoms with Crippen molar-refractivity contribution in [2.24, 2.45) is 0 Å². The molecule has 168 valence electrons. The van der Waals surface area contributed by atoms with E-state index in [4.69, 9.17) is 0 Å². The van der Waals surface area contributed by atoms with Gasteiger partial charge in [0.2, 0.25) is 10.0 Å². The van der Waals surface area contributed by atoms with Gasteiger partial charge in [0.15, 0.2) is 9.84 Å². The van der Waals surface area contributed by atoms with Crippen LogP contribution in [-0.4, -0.2) is 71.4 Å². The monoisotopic (exact) mass is 465 g/mol. The van der Waals surface area contributed by atoms with E-state index in [1.807, 2.05) is 7.05 Å². The molecule has 1 saturated heterocycles. The summed E-state index contributed by atoms with van der Waals surface area (Å²) in [6.45, 7) is 3.92. The summed E-state index contributed by atoms with van der Waals surface area (Å²) in [6, 6.07) is 11.9. The standard InChI is InChI=1S/C21H27N3O5S2/c1-16(17-7-9-19(10-8-17)30(3,26)27)22-21(25)18-5-4-6-20(15-18)31(28,29)24-13-11-23(2)12-14-24/h4-10,15-16H,11-14H2,1-3H3,(H,22,25). The molecule has 1 fully saturated rings. The van der Waals surface area contributed by atoms with Gasteiger partial charge in [-0.05, 0) is 49.9 Å². The number of carbonyl (C=O) groups is 1. The molecule has 1 atom stereocenters. The number of sulfonamides is 1. The van der Waals surface area contributed by atoms with E-state index in [0.717, 1.165) is 11.8 Å². The smallest absolute Gasteiger partial charge is 0.251 e. The highest BCUT2D eigenvalue weighted by Gasteiger charge is 2.28. The van der Waals surface area contributed by atoms with Gasteiger partial charge in [-0.2, -0.15) is 4.31 Å². The van der Waals surface area contributed by atoms with Crippen molar-refractivity contribution in [1.29, 1.82) is 0 Å². The molecule has 8 nitrogen and oxygen atoms in total. The summed E-state index contributed by atoms with van der Waals surface area (Å²) >= 11 is 0. The maximum absolute atomic E-state index is 13.0. The number of piperazine rings is 1. The van der Waals surface area contributed by atoms with Crippen LogP contribution in [0.25, 0.3) is 0 Å². The van der Waals surface area contributed by atoms with Crippen molar-refractivity contribution in [1.82, 2.24) is 14.5 Å². The summed E-state index contributed by atoms with van der Waals surface area (Å²) in [4.78, 5) is 15.1. The van der Waals surface area contributed by atoms with E-state index in [0.29, 0.717) is 26.2 Å². The average Bonchev–Trinajstić information content (AvgIpc) is 2.73. The second kappa shape index (κ2) is 9.07. The van der Waals surface area contributed by atoms with Crippen LogP contribution < -0.4 is 5.32 Å². The summed E-state index contributed by atoms with van der Waals surface area (Å²) in [7, 11) is -5.02. The van der Waals surface area contributed by atoms with Gasteiger partial charge < -0.3 is 10.2 Å². The third-order valence-corrected chi connectivity index (χ3v) is 8.38. The molecule has 2 aromatic carbocycles. The van der Waals surface area contributed by atoms with Gasteiger partial charge in [0.25, 0.3) is 5.91 Å². The number of hydrogen-bond donors (Lipinski definition) is 1. The first-order valence-corrected chi connectivity index (χ1v) is 13.2. The number of likely N-dealkylation sites (N-methyl/N-ethyl adjacent to an activating group) is 1. The molecule has 0 saturated carbocycles. The number of hydrogen-bond acceptors (Lipinski definition) is 6. The summed E-state index contributed by atoms with van der Waals surface area (Å²) in [5, 5.41) is 2.83. The first-order valence-electron chi connectivity index (χ1n) is 9.88. The SMILES string of the molecule is CC(NC(=O)c1cccc(S(=O)(=O)N2CCN(C)CC2)c1)c1ccc(S(C)(=O)=O)cc1. The Kier molecular flexibility index (Phi) is 6.85. The number of sulfone groups is 1. The van der Waals surface area contributed by atoms with Crippen LogP contribution in [0.2, 0.25) is 0 Å². The number of nitrogens with one attached hydrogen (secondary N) is 1. The Bertz CT molecular complexity index is 1150. The highest BCUT2D eigenvalue weighted by molar-refractivity contribution is 7.90. The minimum absolute atomic E-state index is 0.0925. The predicted molar refractivity (Wildman–Crippen MR) is 118 cm³/mol. The van der Waals surface area contributed by atoms with Gasteiger partial charge in [-0.25, -0.2) is 16.8 Å². The van der Waals surface area contributed by atoms with E-state index in [2.05, 4.69) is 10.2 Å². The zero-order chi connectivity index (χ0) is 22.8. The minimum atomic E-state index is -3.67. The molecule has 1 amide bonds. The first kappa shape index (κ1) is 23.4. The lowest BCUT2D eigenvalue weighted by molar-refractivity contribution is 0.0939. The third-order valence-electron chi connectivity index (χ3n) is 5.35. The molecule has 10 heteroatoms. The molecule has 1 N–H and O–H groups in total. The van der Waals surface area contributed by atoms with Crippen molar-refractivity contribution in [3.63, 3.8) is 0 Å². The lowest BCUT2D eigenvalue weighted by Crippen LogP contribution is -2.47. The fourth-order valence-corrected chi connectivity index (χ4v) is 5.44. The van der Waals surface area contributed by atoms with Gasteiger partial charge in [0.1, 0.15) is 0 Å². The van der Waals surface area contributed by atoms with Crippen LogP contribution in [0.1, 0.15) is 28.9 Å². The second-order valence-corrected chi connectivity index (χ2v) is 11.7. The molecular weight excluding hydrogens is 438 g/mol. The number of amides is 1. The van der Waals surface area contributed by atoms with Crippen molar-refractivity contribution in [2.45, 2.75) is 22.8 Å². The Morgan fingerprint density at radius 2 is 1.55 bits per heavy atom. The molecule has 1 aliphatic heterocycles. The van der Waals surface area contributed by atoms with Crippen LogP contribution in [0.3, 0.4) is 0 Å². The minimum Gasteiger partial charge on any atom is -0.346 e. The maximum atomic E-state index is 13.0. The van der Waals surface area contributed by atoms with Crippen LogP contribution in [0.5, 0.6) is 0 Å². The molecule has 1 heterocycles. The van der Waals surface area contributed by atoms with E-state index in [-0.39, 0.29) is 21.4 Å². The summed E-state index contributed by atoms with van der Waals surface area (Å²) < 4.78 is 50.5. The van der Waals surface area contributed by atoms with Crippen molar-refractivity contribution in [3.8, 4) is 0 Å². The number of benzene rings is 2. The van der Waals surface area contributed by atoms with Crippen molar-refractivity contribution in [2.75, 3.05) is 39.5 Å². The van der Waals surface area contributed by atoms with Crippen LogP contribution >= 0.6 is 0 Å². The molecule has 0 spiro atoms.